The van der Waals surface area contributed by atoms with Gasteiger partial charge in [0.1, 0.15) is 5.69 Å². The molecule has 2 aliphatic rings. The maximum absolute atomic E-state index is 12.5. The molecule has 3 heterocycles. The number of aromatic amines is 1. The Balaban J connectivity index is 1.37. The average molecular weight is 353 g/mol. The molecule has 6 nitrogen and oxygen atoms in total. The van der Waals surface area contributed by atoms with Crippen LogP contribution in [0.15, 0.2) is 36.7 Å². The lowest BCUT2D eigenvalue weighted by Gasteiger charge is -2.37. The first-order valence-corrected chi connectivity index (χ1v) is 9.57. The van der Waals surface area contributed by atoms with E-state index in [1.807, 2.05) is 29.3 Å². The third-order valence-corrected chi connectivity index (χ3v) is 5.53. The van der Waals surface area contributed by atoms with Crippen molar-refractivity contribution in [1.82, 2.24) is 14.9 Å². The van der Waals surface area contributed by atoms with Gasteiger partial charge in [-0.3, -0.25) is 4.79 Å². The van der Waals surface area contributed by atoms with Gasteiger partial charge in [0.2, 0.25) is 0 Å². The largest absolute Gasteiger partial charge is 0.382 e. The first-order chi connectivity index (χ1) is 12.7. The average Bonchev–Trinajstić information content (AvgIpc) is 3.36. The minimum absolute atomic E-state index is 0.0979. The van der Waals surface area contributed by atoms with Gasteiger partial charge in [-0.1, -0.05) is 0 Å². The van der Waals surface area contributed by atoms with E-state index in [2.05, 4.69) is 33.3 Å². The Kier molecular flexibility index (Phi) is 4.82. The number of amides is 1. The monoisotopic (exact) mass is 353 g/mol. The number of hydrogen-bond donors (Lipinski definition) is 2. The van der Waals surface area contributed by atoms with Gasteiger partial charge in [0.05, 0.1) is 5.69 Å². The zero-order valence-corrected chi connectivity index (χ0v) is 15.3. The van der Waals surface area contributed by atoms with Crippen LogP contribution in [0.3, 0.4) is 0 Å². The molecule has 1 saturated carbocycles. The van der Waals surface area contributed by atoms with Crippen LogP contribution in [0, 0.1) is 5.92 Å². The summed E-state index contributed by atoms with van der Waals surface area (Å²) in [6.07, 6.45) is 8.25. The first kappa shape index (κ1) is 16.9. The number of hydrogen-bond acceptors (Lipinski definition) is 4. The number of piperidine rings is 1. The summed E-state index contributed by atoms with van der Waals surface area (Å²) in [7, 11) is 2.12. The third-order valence-electron chi connectivity index (χ3n) is 5.53. The van der Waals surface area contributed by atoms with Gasteiger partial charge in [0.25, 0.3) is 5.91 Å². The van der Waals surface area contributed by atoms with Crippen LogP contribution in [-0.4, -0.2) is 53.5 Å². The van der Waals surface area contributed by atoms with E-state index in [1.54, 1.807) is 6.20 Å². The molecular weight excluding hydrogens is 326 g/mol. The minimum Gasteiger partial charge on any atom is -0.382 e. The number of nitrogens with zero attached hydrogens (tertiary/aromatic N) is 3. The van der Waals surface area contributed by atoms with Crippen molar-refractivity contribution in [3.8, 4) is 0 Å². The van der Waals surface area contributed by atoms with Gasteiger partial charge < -0.3 is 20.1 Å². The Morgan fingerprint density at radius 1 is 1.27 bits per heavy atom. The van der Waals surface area contributed by atoms with E-state index in [4.69, 9.17) is 0 Å². The van der Waals surface area contributed by atoms with Gasteiger partial charge in [-0.05, 0) is 55.9 Å². The van der Waals surface area contributed by atoms with Gasteiger partial charge >= 0.3 is 0 Å². The number of anilines is 2. The highest BCUT2D eigenvalue weighted by Gasteiger charge is 2.28. The van der Waals surface area contributed by atoms with Crippen LogP contribution >= 0.6 is 0 Å². The van der Waals surface area contributed by atoms with Crippen molar-refractivity contribution in [2.24, 2.45) is 5.92 Å². The molecule has 26 heavy (non-hydrogen) atoms. The summed E-state index contributed by atoms with van der Waals surface area (Å²) in [5.74, 6) is 1.94. The molecule has 0 atom stereocenters. The molecule has 1 aliphatic heterocycles. The molecule has 2 N–H and O–H groups in total. The maximum Gasteiger partial charge on any atom is 0.270 e. The standard InChI is InChI=1S/C20H27N5O/c1-24(19-17(4-2-11-22-19)23-14-15-6-7-15)16-8-12-25(13-9-16)20(26)18-5-3-10-21-18/h2-5,10-11,15-16,21,23H,6-9,12-14H2,1H3. The number of aromatic nitrogens is 2. The summed E-state index contributed by atoms with van der Waals surface area (Å²) in [4.78, 5) is 24.3. The summed E-state index contributed by atoms with van der Waals surface area (Å²) < 4.78 is 0. The number of nitrogens with one attached hydrogen (secondary N) is 2. The van der Waals surface area contributed by atoms with Crippen molar-refractivity contribution in [2.75, 3.05) is 36.9 Å². The smallest absolute Gasteiger partial charge is 0.270 e. The zero-order valence-electron chi connectivity index (χ0n) is 15.3. The van der Waals surface area contributed by atoms with Crippen molar-refractivity contribution in [3.63, 3.8) is 0 Å². The Bertz CT molecular complexity index is 732. The fraction of sp³-hybridized carbons (Fsp3) is 0.500. The third kappa shape index (κ3) is 3.69. The number of pyridine rings is 1. The van der Waals surface area contributed by atoms with Crippen LogP contribution in [0.1, 0.15) is 36.2 Å². The molecule has 0 aromatic carbocycles. The predicted octanol–water partition coefficient (Wildman–Crippen LogP) is 2.97. The van der Waals surface area contributed by atoms with Crippen LogP contribution in [0.25, 0.3) is 0 Å². The number of likely N-dealkylation sites (tertiary alicyclic amines) is 1. The van der Waals surface area contributed by atoms with Crippen LogP contribution in [-0.2, 0) is 0 Å². The number of carbonyl (C=O) groups excluding carboxylic acids is 1. The van der Waals surface area contributed by atoms with Gasteiger partial charge in [0.15, 0.2) is 5.82 Å². The van der Waals surface area contributed by atoms with Crippen molar-refractivity contribution in [2.45, 2.75) is 31.7 Å². The van der Waals surface area contributed by atoms with E-state index in [1.165, 1.54) is 12.8 Å². The predicted molar refractivity (Wildman–Crippen MR) is 104 cm³/mol. The minimum atomic E-state index is 0.0979. The summed E-state index contributed by atoms with van der Waals surface area (Å²) >= 11 is 0. The lowest BCUT2D eigenvalue weighted by Crippen LogP contribution is -2.46. The molecule has 0 bridgehead atoms. The Morgan fingerprint density at radius 3 is 2.77 bits per heavy atom. The second-order valence-electron chi connectivity index (χ2n) is 7.42. The number of H-pyrrole nitrogens is 1. The van der Waals surface area contributed by atoms with Crippen molar-refractivity contribution < 1.29 is 4.79 Å². The summed E-state index contributed by atoms with van der Waals surface area (Å²) in [5, 5.41) is 3.57. The highest BCUT2D eigenvalue weighted by atomic mass is 16.2. The Labute approximate surface area is 154 Å². The second-order valence-corrected chi connectivity index (χ2v) is 7.42. The zero-order chi connectivity index (χ0) is 17.9. The summed E-state index contributed by atoms with van der Waals surface area (Å²) in [6, 6.07) is 8.21. The lowest BCUT2D eigenvalue weighted by atomic mass is 10.0. The molecule has 0 spiro atoms. The quantitative estimate of drug-likeness (QED) is 0.838. The Hall–Kier alpha value is -2.50. The van der Waals surface area contributed by atoms with Crippen molar-refractivity contribution in [3.05, 3.63) is 42.4 Å². The fourth-order valence-electron chi connectivity index (χ4n) is 3.66. The molecule has 2 fully saturated rings. The normalized spacial score (nSPS) is 18.0. The maximum atomic E-state index is 12.5. The second kappa shape index (κ2) is 7.40. The molecule has 1 amide bonds. The topological polar surface area (TPSA) is 64.3 Å². The van der Waals surface area contributed by atoms with E-state index in [-0.39, 0.29) is 5.91 Å². The van der Waals surface area contributed by atoms with E-state index in [9.17, 15) is 4.79 Å². The van der Waals surface area contributed by atoms with Crippen molar-refractivity contribution >= 4 is 17.4 Å². The lowest BCUT2D eigenvalue weighted by molar-refractivity contribution is 0.0708. The van der Waals surface area contributed by atoms with Crippen molar-refractivity contribution in [1.29, 1.82) is 0 Å². The Morgan fingerprint density at radius 2 is 2.08 bits per heavy atom. The SMILES string of the molecule is CN(c1ncccc1NCC1CC1)C1CCN(C(=O)c2ccc[nH]2)CC1. The molecular formula is C20H27N5O. The van der Waals surface area contributed by atoms with E-state index in [0.717, 1.165) is 49.9 Å². The van der Waals surface area contributed by atoms with Crippen LogP contribution in [0.4, 0.5) is 11.5 Å². The summed E-state index contributed by atoms with van der Waals surface area (Å²) in [6.45, 7) is 2.60. The molecule has 1 saturated heterocycles. The van der Waals surface area contributed by atoms with Gasteiger partial charge in [-0.25, -0.2) is 4.98 Å². The molecule has 138 valence electrons. The first-order valence-electron chi connectivity index (χ1n) is 9.57. The highest BCUT2D eigenvalue weighted by Crippen LogP contribution is 2.31. The van der Waals surface area contributed by atoms with Gasteiger partial charge in [-0.2, -0.15) is 0 Å². The van der Waals surface area contributed by atoms with E-state index < -0.39 is 0 Å². The fourth-order valence-corrected chi connectivity index (χ4v) is 3.66. The van der Waals surface area contributed by atoms with Crippen LogP contribution in [0.5, 0.6) is 0 Å². The molecule has 1 aliphatic carbocycles. The van der Waals surface area contributed by atoms with E-state index in [0.29, 0.717) is 11.7 Å². The summed E-state index contributed by atoms with van der Waals surface area (Å²) in [5.41, 5.74) is 1.79. The molecule has 6 heteroatoms. The van der Waals surface area contributed by atoms with Crippen LogP contribution < -0.4 is 10.2 Å². The molecule has 4 rings (SSSR count). The van der Waals surface area contributed by atoms with Crippen LogP contribution in [0.2, 0.25) is 0 Å². The van der Waals surface area contributed by atoms with Gasteiger partial charge in [-0.15, -0.1) is 0 Å². The number of rotatable bonds is 6. The molecule has 0 unspecified atom stereocenters. The highest BCUT2D eigenvalue weighted by molar-refractivity contribution is 5.92. The molecule has 2 aromatic heterocycles. The van der Waals surface area contributed by atoms with E-state index >= 15 is 0 Å². The van der Waals surface area contributed by atoms with Gasteiger partial charge in [0, 0.05) is 45.1 Å². The molecule has 0 radical (unpaired) electrons. The number of carbonyl (C=O) groups is 1. The molecule has 2 aromatic rings.